The number of H-pyrrole nitrogens is 1. The van der Waals surface area contributed by atoms with Gasteiger partial charge in [-0.15, -0.1) is 10.2 Å². The number of nitrogens with zero attached hydrogens (tertiary/aromatic N) is 2. The predicted molar refractivity (Wildman–Crippen MR) is 122 cm³/mol. The Morgan fingerprint density at radius 2 is 1.87 bits per heavy atom. The molecule has 7 nitrogen and oxygen atoms in total. The summed E-state index contributed by atoms with van der Waals surface area (Å²) in [7, 11) is 0. The molecule has 0 bridgehead atoms. The average molecular weight is 536 g/mol. The van der Waals surface area contributed by atoms with Crippen molar-refractivity contribution in [2.75, 3.05) is 6.54 Å². The molecule has 0 aliphatic carbocycles. The fourth-order valence-electron chi connectivity index (χ4n) is 2.91. The molecule has 0 aliphatic rings. The van der Waals surface area contributed by atoms with Crippen molar-refractivity contribution in [2.24, 2.45) is 10.2 Å². The number of benzene rings is 2. The van der Waals surface area contributed by atoms with Gasteiger partial charge in [0.2, 0.25) is 5.88 Å². The quantitative estimate of drug-likeness (QED) is 0.243. The number of carbonyl (C=O) groups is 2. The first-order chi connectivity index (χ1) is 14.5. The molecule has 0 unspecified atom stereocenters. The zero-order valence-electron chi connectivity index (χ0n) is 16.0. The molecule has 3 N–H and O–H groups in total. The van der Waals surface area contributed by atoms with Crippen molar-refractivity contribution in [3.63, 3.8) is 0 Å². The Labute approximate surface area is 190 Å². The van der Waals surface area contributed by atoms with E-state index in [1.165, 1.54) is 0 Å². The second kappa shape index (κ2) is 10.5. The van der Waals surface area contributed by atoms with Gasteiger partial charge in [-0.1, -0.05) is 34.5 Å². The van der Waals surface area contributed by atoms with Gasteiger partial charge in [0.1, 0.15) is 0 Å². The highest BCUT2D eigenvalue weighted by atomic mass is 79.9. The fraction of sp³-hybridized carbons (Fsp3) is 0.238. The van der Waals surface area contributed by atoms with E-state index in [9.17, 15) is 14.7 Å². The largest absolute Gasteiger partial charge is 0.493 e. The highest BCUT2D eigenvalue weighted by Crippen LogP contribution is 2.36. The molecule has 0 aliphatic heterocycles. The third kappa shape index (κ3) is 5.76. The number of halogens is 2. The maximum absolute atomic E-state index is 12.1. The zero-order valence-corrected chi connectivity index (χ0v) is 19.2. The van der Waals surface area contributed by atoms with Crippen molar-refractivity contribution < 1.29 is 14.7 Å². The van der Waals surface area contributed by atoms with Crippen LogP contribution < -0.4 is 5.32 Å². The van der Waals surface area contributed by atoms with E-state index in [4.69, 9.17) is 0 Å². The number of amides is 2. The van der Waals surface area contributed by atoms with Crippen LogP contribution >= 0.6 is 31.9 Å². The van der Waals surface area contributed by atoms with Crippen molar-refractivity contribution >= 4 is 60.3 Å². The van der Waals surface area contributed by atoms with Gasteiger partial charge in [-0.2, -0.15) is 0 Å². The second-order valence-corrected chi connectivity index (χ2v) is 8.42. The van der Waals surface area contributed by atoms with Crippen molar-refractivity contribution in [1.82, 2.24) is 10.3 Å². The van der Waals surface area contributed by atoms with Crippen LogP contribution in [0.3, 0.4) is 0 Å². The first-order valence-electron chi connectivity index (χ1n) is 9.43. The summed E-state index contributed by atoms with van der Waals surface area (Å²) >= 11 is 6.73. The topological polar surface area (TPSA) is 107 Å². The first kappa shape index (κ1) is 22.2. The lowest BCUT2D eigenvalue weighted by molar-refractivity contribution is -0.118. The molecule has 0 radical (unpaired) electrons. The summed E-state index contributed by atoms with van der Waals surface area (Å²) in [6, 6.07) is 12.7. The maximum atomic E-state index is 12.1. The summed E-state index contributed by atoms with van der Waals surface area (Å²) in [6.07, 6.45) is 2.45. The highest BCUT2D eigenvalue weighted by molar-refractivity contribution is 9.10. The Kier molecular flexibility index (Phi) is 7.75. The molecule has 30 heavy (non-hydrogen) atoms. The number of nitrogens with one attached hydrogen (secondary N) is 2. The lowest BCUT2D eigenvalue weighted by Gasteiger charge is -2.06. The number of rotatable bonds is 8. The molecule has 3 aromatic rings. The smallest absolute Gasteiger partial charge is 0.264 e. The van der Waals surface area contributed by atoms with Gasteiger partial charge in [0.15, 0.2) is 5.69 Å². The Hall–Kier alpha value is -2.52. The molecule has 2 amide bonds. The molecular weight excluding hydrogens is 516 g/mol. The van der Waals surface area contributed by atoms with E-state index in [-0.39, 0.29) is 29.8 Å². The number of fused-ring (bicyclic) bond motifs is 1. The van der Waals surface area contributed by atoms with E-state index < -0.39 is 0 Å². The van der Waals surface area contributed by atoms with E-state index in [0.29, 0.717) is 29.4 Å². The Bertz CT molecular complexity index is 1100. The summed E-state index contributed by atoms with van der Waals surface area (Å²) in [4.78, 5) is 26.9. The first-order valence-corrected chi connectivity index (χ1v) is 11.0. The zero-order chi connectivity index (χ0) is 21.5. The molecular formula is C21H20Br2N4O3. The summed E-state index contributed by atoms with van der Waals surface area (Å²) in [5, 5.41) is 21.2. The van der Waals surface area contributed by atoms with Gasteiger partial charge in [-0.05, 0) is 59.1 Å². The van der Waals surface area contributed by atoms with E-state index in [1.807, 2.05) is 24.3 Å². The summed E-state index contributed by atoms with van der Waals surface area (Å²) in [6.45, 7) is 0.536. The number of azo groups is 1. The number of carbonyl (C=O) groups excluding carboxylic acids is 2. The van der Waals surface area contributed by atoms with Crippen LogP contribution in [-0.4, -0.2) is 28.4 Å². The van der Waals surface area contributed by atoms with Crippen LogP contribution in [0.1, 0.15) is 36.0 Å². The average Bonchev–Trinajstić information content (AvgIpc) is 3.03. The van der Waals surface area contributed by atoms with Crippen LogP contribution in [0, 0.1) is 0 Å². The molecule has 0 fully saturated rings. The van der Waals surface area contributed by atoms with E-state index in [0.717, 1.165) is 21.8 Å². The fourth-order valence-corrected chi connectivity index (χ4v) is 3.74. The number of aromatic nitrogens is 1. The molecule has 2 aromatic carbocycles. The monoisotopic (exact) mass is 534 g/mol. The van der Waals surface area contributed by atoms with Crippen molar-refractivity contribution in [2.45, 2.75) is 25.7 Å². The SMILES string of the molecule is O=C(CCCCCNC(=O)c1ccccc1Br)N=Nc1c(O)[nH]c2ccc(Br)cc12. The molecule has 1 aromatic heterocycles. The van der Waals surface area contributed by atoms with Crippen LogP contribution in [0.25, 0.3) is 10.9 Å². The number of hydrogen-bond donors (Lipinski definition) is 3. The molecule has 9 heteroatoms. The van der Waals surface area contributed by atoms with Crippen molar-refractivity contribution in [3.05, 3.63) is 57.0 Å². The molecule has 0 saturated carbocycles. The highest BCUT2D eigenvalue weighted by Gasteiger charge is 2.11. The van der Waals surface area contributed by atoms with Crippen LogP contribution in [0.2, 0.25) is 0 Å². The number of hydrogen-bond acceptors (Lipinski definition) is 4. The van der Waals surface area contributed by atoms with Crippen molar-refractivity contribution in [3.8, 4) is 5.88 Å². The third-order valence-corrected chi connectivity index (χ3v) is 5.63. The van der Waals surface area contributed by atoms with Gasteiger partial charge in [0.05, 0.1) is 11.1 Å². The minimum absolute atomic E-state index is 0.125. The number of aromatic hydroxyl groups is 1. The Morgan fingerprint density at radius 1 is 1.07 bits per heavy atom. The Balaban J connectivity index is 1.40. The van der Waals surface area contributed by atoms with E-state index in [2.05, 4.69) is 52.4 Å². The molecule has 3 rings (SSSR count). The number of unbranched alkanes of at least 4 members (excludes halogenated alkanes) is 2. The van der Waals surface area contributed by atoms with Gasteiger partial charge < -0.3 is 15.4 Å². The van der Waals surface area contributed by atoms with Crippen molar-refractivity contribution in [1.29, 1.82) is 0 Å². The second-order valence-electron chi connectivity index (χ2n) is 6.65. The van der Waals surface area contributed by atoms with Gasteiger partial charge in [0.25, 0.3) is 11.8 Å². The normalized spacial score (nSPS) is 11.3. The van der Waals surface area contributed by atoms with Gasteiger partial charge >= 0.3 is 0 Å². The molecule has 0 atom stereocenters. The maximum Gasteiger partial charge on any atom is 0.264 e. The summed E-state index contributed by atoms with van der Waals surface area (Å²) in [5.41, 5.74) is 1.55. The minimum atomic E-state index is -0.351. The number of aromatic amines is 1. The lowest BCUT2D eigenvalue weighted by atomic mass is 10.2. The summed E-state index contributed by atoms with van der Waals surface area (Å²) < 4.78 is 1.59. The van der Waals surface area contributed by atoms with E-state index >= 15 is 0 Å². The van der Waals surface area contributed by atoms with Gasteiger partial charge in [-0.3, -0.25) is 9.59 Å². The standard InChI is InChI=1S/C21H20Br2N4O3/c22-13-9-10-17-15(12-13)19(21(30)25-17)27-26-18(28)8-2-1-5-11-24-20(29)14-6-3-4-7-16(14)23/h3-4,6-7,9-10,12,25,30H,1-2,5,8,11H2,(H,24,29). The minimum Gasteiger partial charge on any atom is -0.493 e. The van der Waals surface area contributed by atoms with Gasteiger partial charge in [-0.25, -0.2) is 0 Å². The van der Waals surface area contributed by atoms with Crippen LogP contribution in [0.15, 0.2) is 61.6 Å². The van der Waals surface area contributed by atoms with Gasteiger partial charge in [0, 0.05) is 27.3 Å². The summed E-state index contributed by atoms with van der Waals surface area (Å²) in [5.74, 6) is -0.603. The third-order valence-electron chi connectivity index (χ3n) is 4.45. The molecule has 1 heterocycles. The molecule has 0 saturated heterocycles. The van der Waals surface area contributed by atoms with Crippen LogP contribution in [0.5, 0.6) is 5.88 Å². The molecule has 0 spiro atoms. The van der Waals surface area contributed by atoms with E-state index in [1.54, 1.807) is 18.2 Å². The van der Waals surface area contributed by atoms with Crippen LogP contribution in [-0.2, 0) is 4.79 Å². The predicted octanol–water partition coefficient (Wildman–Crippen LogP) is 6.00. The lowest BCUT2D eigenvalue weighted by Crippen LogP contribution is -2.24. The Morgan fingerprint density at radius 3 is 2.67 bits per heavy atom. The molecule has 156 valence electrons. The van der Waals surface area contributed by atoms with Crippen LogP contribution in [0.4, 0.5) is 5.69 Å².